The molecule has 9 heteroatoms. The first kappa shape index (κ1) is 32.5. The zero-order valence-corrected chi connectivity index (χ0v) is 27.5. The van der Waals surface area contributed by atoms with Gasteiger partial charge in [-0.3, -0.25) is 19.4 Å². The summed E-state index contributed by atoms with van der Waals surface area (Å²) >= 11 is 0. The number of esters is 2. The molecule has 2 aromatic rings. The van der Waals surface area contributed by atoms with Crippen LogP contribution in [0, 0.1) is 0 Å². The second-order valence-corrected chi connectivity index (χ2v) is 13.7. The number of carbonyl (C=O) groups excluding carboxylic acids is 2. The zero-order chi connectivity index (χ0) is 30.5. The average Bonchev–Trinajstić information content (AvgIpc) is 3.40. The summed E-state index contributed by atoms with van der Waals surface area (Å²) in [5, 5.41) is 0. The van der Waals surface area contributed by atoms with Gasteiger partial charge in [-0.25, -0.2) is 0 Å². The molecule has 5 aliphatic rings. The molecular formula is C36H47ClN2O6. The molecular weight excluding hydrogens is 592 g/mol. The Morgan fingerprint density at radius 1 is 0.600 bits per heavy atom. The van der Waals surface area contributed by atoms with E-state index in [4.69, 9.17) is 18.9 Å². The molecule has 45 heavy (non-hydrogen) atoms. The summed E-state index contributed by atoms with van der Waals surface area (Å²) in [5.41, 5.74) is 2.35. The first-order valence-corrected chi connectivity index (χ1v) is 16.5. The normalized spacial score (nSPS) is 39.0. The number of rotatable bonds is 8. The summed E-state index contributed by atoms with van der Waals surface area (Å²) in [6.07, 6.45) is 4.57. The number of halogens is 1. The van der Waals surface area contributed by atoms with Gasteiger partial charge in [-0.2, -0.15) is 0 Å². The summed E-state index contributed by atoms with van der Waals surface area (Å²) in [7, 11) is 4.30. The van der Waals surface area contributed by atoms with Crippen molar-refractivity contribution in [2.24, 2.45) is 0 Å². The van der Waals surface area contributed by atoms with Gasteiger partial charge in [0.15, 0.2) is 0 Å². The van der Waals surface area contributed by atoms with Crippen LogP contribution in [0.15, 0.2) is 60.7 Å². The third kappa shape index (κ3) is 6.05. The van der Waals surface area contributed by atoms with Crippen LogP contribution in [-0.2, 0) is 28.5 Å². The fourth-order valence-electron chi connectivity index (χ4n) is 9.23. The largest absolute Gasteiger partial charge is 0.458 e. The molecule has 4 bridgehead atoms. The van der Waals surface area contributed by atoms with Gasteiger partial charge >= 0.3 is 11.9 Å². The number of piperidine rings is 2. The predicted octanol–water partition coefficient (Wildman–Crippen LogP) is 5.09. The van der Waals surface area contributed by atoms with E-state index < -0.39 is 0 Å². The second-order valence-electron chi connectivity index (χ2n) is 13.7. The fourth-order valence-corrected chi connectivity index (χ4v) is 9.23. The maximum absolute atomic E-state index is 12.3. The number of nitrogens with zero attached hydrogens (tertiary/aromatic N) is 2. The van der Waals surface area contributed by atoms with Crippen molar-refractivity contribution in [1.29, 1.82) is 0 Å². The van der Waals surface area contributed by atoms with Crippen molar-refractivity contribution in [2.75, 3.05) is 14.1 Å². The Kier molecular flexibility index (Phi) is 9.61. The quantitative estimate of drug-likeness (QED) is 0.370. The van der Waals surface area contributed by atoms with Crippen LogP contribution in [-0.4, -0.2) is 96.6 Å². The standard InChI is InChI=1S/C36H46N2O6.ClH/c1-21(39)41-33-27-17-15-25(37(27)3)19-29(33)43-35-31(23-11-7-5-8-12-23)36(32(35)24-13-9-6-10-14-24)44-30-20-26-16-18-28(38(26)4)34(30)42-22(2)40;/h5-14,25-36H,15-20H2,1-4H3;1H. The molecule has 0 amide bonds. The van der Waals surface area contributed by atoms with Gasteiger partial charge in [0.25, 0.3) is 0 Å². The fraction of sp³-hybridized carbons (Fsp3) is 0.611. The molecule has 8 atom stereocenters. The third-order valence-corrected chi connectivity index (χ3v) is 11.3. The monoisotopic (exact) mass is 638 g/mol. The first-order valence-electron chi connectivity index (χ1n) is 16.5. The van der Waals surface area contributed by atoms with Crippen molar-refractivity contribution in [2.45, 2.75) is 125 Å². The van der Waals surface area contributed by atoms with Crippen LogP contribution >= 0.6 is 12.4 Å². The lowest BCUT2D eigenvalue weighted by atomic mass is 9.62. The number of ether oxygens (including phenoxy) is 4. The van der Waals surface area contributed by atoms with E-state index in [1.54, 1.807) is 0 Å². The van der Waals surface area contributed by atoms with E-state index in [0.717, 1.165) is 38.5 Å². The van der Waals surface area contributed by atoms with Crippen LogP contribution in [0.1, 0.15) is 75.3 Å². The lowest BCUT2D eigenvalue weighted by Crippen LogP contribution is -2.62. The van der Waals surface area contributed by atoms with Crippen LogP contribution < -0.4 is 0 Å². The maximum Gasteiger partial charge on any atom is 0.303 e. The van der Waals surface area contributed by atoms with Crippen molar-refractivity contribution in [3.63, 3.8) is 0 Å². The smallest absolute Gasteiger partial charge is 0.303 e. The van der Waals surface area contributed by atoms with Gasteiger partial charge < -0.3 is 18.9 Å². The van der Waals surface area contributed by atoms with E-state index in [-0.39, 0.29) is 84.9 Å². The minimum atomic E-state index is -0.304. The Balaban J connectivity index is 0.00000357. The van der Waals surface area contributed by atoms with Crippen LogP contribution in [0.3, 0.4) is 0 Å². The number of benzene rings is 2. The van der Waals surface area contributed by atoms with Crippen molar-refractivity contribution in [3.8, 4) is 0 Å². The van der Waals surface area contributed by atoms with Gasteiger partial charge in [0.1, 0.15) is 12.2 Å². The first-order chi connectivity index (χ1) is 21.3. The molecule has 8 unspecified atom stereocenters. The predicted molar refractivity (Wildman–Crippen MR) is 172 cm³/mol. The van der Waals surface area contributed by atoms with E-state index in [2.05, 4.69) is 72.4 Å². The summed E-state index contributed by atoms with van der Waals surface area (Å²) in [4.78, 5) is 29.3. The minimum Gasteiger partial charge on any atom is -0.458 e. The van der Waals surface area contributed by atoms with Gasteiger partial charge in [-0.05, 0) is 63.7 Å². The molecule has 2 aromatic carbocycles. The van der Waals surface area contributed by atoms with Crippen LogP contribution in [0.25, 0.3) is 0 Å². The molecule has 0 spiro atoms. The van der Waals surface area contributed by atoms with E-state index in [1.165, 1.54) is 25.0 Å². The molecule has 1 aliphatic carbocycles. The van der Waals surface area contributed by atoms with Gasteiger partial charge in [-0.15, -0.1) is 12.4 Å². The second kappa shape index (κ2) is 13.3. The van der Waals surface area contributed by atoms with Crippen molar-refractivity contribution < 1.29 is 28.5 Å². The molecule has 0 N–H and O–H groups in total. The molecule has 0 radical (unpaired) electrons. The summed E-state index contributed by atoms with van der Waals surface area (Å²) < 4.78 is 26.4. The van der Waals surface area contributed by atoms with E-state index in [1.807, 2.05) is 12.1 Å². The molecule has 7 rings (SSSR count). The Morgan fingerprint density at radius 2 is 0.978 bits per heavy atom. The van der Waals surface area contributed by atoms with Gasteiger partial charge in [0, 0.05) is 49.9 Å². The van der Waals surface area contributed by atoms with Crippen molar-refractivity contribution in [1.82, 2.24) is 9.80 Å². The van der Waals surface area contributed by atoms with Gasteiger partial charge in [0.05, 0.1) is 24.4 Å². The molecule has 4 heterocycles. The van der Waals surface area contributed by atoms with Crippen LogP contribution in [0.5, 0.6) is 0 Å². The van der Waals surface area contributed by atoms with Crippen LogP contribution in [0.2, 0.25) is 0 Å². The van der Waals surface area contributed by atoms with Gasteiger partial charge in [0.2, 0.25) is 0 Å². The highest BCUT2D eigenvalue weighted by atomic mass is 35.5. The molecule has 8 nitrogen and oxygen atoms in total. The molecule has 0 aromatic heterocycles. The Bertz CT molecular complexity index is 1220. The highest BCUT2D eigenvalue weighted by Gasteiger charge is 2.59. The number of hydrogen-bond acceptors (Lipinski definition) is 8. The molecule has 1 saturated carbocycles. The van der Waals surface area contributed by atoms with E-state index in [9.17, 15) is 9.59 Å². The lowest BCUT2D eigenvalue weighted by molar-refractivity contribution is -0.231. The lowest BCUT2D eigenvalue weighted by Gasteiger charge is -2.56. The topological polar surface area (TPSA) is 77.5 Å². The van der Waals surface area contributed by atoms with E-state index in [0.29, 0.717) is 12.1 Å². The minimum absolute atomic E-state index is 0. The number of hydrogen-bond donors (Lipinski definition) is 0. The SMILES string of the molecule is CC(=O)OC1C(OC2C(c3ccccc3)C(OC3CC4CCC(C3OC(C)=O)N4C)C2c2ccccc2)CC2CCC1N2C.Cl. The summed E-state index contributed by atoms with van der Waals surface area (Å²) in [6, 6.07) is 22.2. The average molecular weight is 639 g/mol. The van der Waals surface area contributed by atoms with Crippen molar-refractivity contribution >= 4 is 24.3 Å². The number of fused-ring (bicyclic) bond motifs is 4. The third-order valence-electron chi connectivity index (χ3n) is 11.3. The number of likely N-dealkylation sites (N-methyl/N-ethyl adjacent to an activating group) is 2. The Labute approximate surface area is 273 Å². The maximum atomic E-state index is 12.3. The highest BCUT2D eigenvalue weighted by Crippen LogP contribution is 2.54. The highest BCUT2D eigenvalue weighted by molar-refractivity contribution is 5.85. The number of carbonyl (C=O) groups is 2. The van der Waals surface area contributed by atoms with Crippen LogP contribution in [0.4, 0.5) is 0 Å². The summed E-state index contributed by atoms with van der Waals surface area (Å²) in [5.74, 6) is -0.562. The molecule has 244 valence electrons. The molecule has 5 fully saturated rings. The van der Waals surface area contributed by atoms with Gasteiger partial charge in [-0.1, -0.05) is 60.7 Å². The Hall–Kier alpha value is -2.49. The zero-order valence-electron chi connectivity index (χ0n) is 26.7. The molecule has 4 aliphatic heterocycles. The molecule has 4 saturated heterocycles. The van der Waals surface area contributed by atoms with Crippen molar-refractivity contribution in [3.05, 3.63) is 71.8 Å². The Morgan fingerprint density at radius 3 is 1.33 bits per heavy atom. The summed E-state index contributed by atoms with van der Waals surface area (Å²) in [6.45, 7) is 3.00. The van der Waals surface area contributed by atoms with E-state index >= 15 is 0 Å².